The molecule has 150 valence electrons. The highest BCUT2D eigenvalue weighted by Gasteiger charge is 2.09. The van der Waals surface area contributed by atoms with E-state index in [2.05, 4.69) is 9.98 Å². The van der Waals surface area contributed by atoms with Gasteiger partial charge in [0.2, 0.25) is 0 Å². The molecule has 0 saturated carbocycles. The van der Waals surface area contributed by atoms with Crippen molar-refractivity contribution in [3.63, 3.8) is 0 Å². The Hall–Kier alpha value is -2.86. The molecule has 0 aliphatic heterocycles. The van der Waals surface area contributed by atoms with Gasteiger partial charge in [0.25, 0.3) is 0 Å². The van der Waals surface area contributed by atoms with Crippen LogP contribution in [0.2, 0.25) is 0 Å². The Kier molecular flexibility index (Phi) is 8.02. The molecule has 0 radical (unpaired) electrons. The minimum atomic E-state index is -0.818. The minimum Gasteiger partial charge on any atom is -0.448 e. The van der Waals surface area contributed by atoms with Gasteiger partial charge < -0.3 is 19.9 Å². The maximum Gasteiger partial charge on any atom is 0.435 e. The number of amides is 2. The molecule has 2 heterocycles. The lowest BCUT2D eigenvalue weighted by molar-refractivity contribution is 0.139. The van der Waals surface area contributed by atoms with Crippen LogP contribution in [-0.4, -0.2) is 45.3 Å². The number of hydrogen-bond acceptors (Lipinski definition) is 8. The smallest absolute Gasteiger partial charge is 0.435 e. The van der Waals surface area contributed by atoms with Gasteiger partial charge in [-0.15, -0.1) is 0 Å². The molecule has 0 aliphatic carbocycles. The second-order valence-corrected chi connectivity index (χ2v) is 7.03. The van der Waals surface area contributed by atoms with Crippen molar-refractivity contribution >= 4 is 33.8 Å². The molecule has 28 heavy (non-hydrogen) atoms. The lowest BCUT2D eigenvalue weighted by atomic mass is 10.5. The fraction of sp³-hybridized carbons (Fsp3) is 0.250. The fourth-order valence-electron chi connectivity index (χ4n) is 1.82. The molecule has 0 spiro atoms. The van der Waals surface area contributed by atoms with E-state index in [9.17, 15) is 20.0 Å². The van der Waals surface area contributed by atoms with Gasteiger partial charge in [-0.25, -0.2) is 9.59 Å². The molecule has 0 aliphatic rings. The summed E-state index contributed by atoms with van der Waals surface area (Å²) in [5, 5.41) is 21.1. The molecule has 10 nitrogen and oxygen atoms in total. The van der Waals surface area contributed by atoms with E-state index in [-0.39, 0.29) is 24.2 Å². The summed E-state index contributed by atoms with van der Waals surface area (Å²) in [5.74, 6) is 0. The summed E-state index contributed by atoms with van der Waals surface area (Å²) in [5.41, 5.74) is -0.0148. The lowest BCUT2D eigenvalue weighted by Gasteiger charge is -2.08. The summed E-state index contributed by atoms with van der Waals surface area (Å²) in [6.45, 7) is 3.63. The van der Waals surface area contributed by atoms with Gasteiger partial charge in [-0.2, -0.15) is 19.4 Å². The molecule has 0 aromatic carbocycles. The topological polar surface area (TPSA) is 128 Å². The van der Waals surface area contributed by atoms with Crippen LogP contribution in [0.25, 0.3) is 0 Å². The van der Waals surface area contributed by atoms with E-state index in [1.807, 2.05) is 0 Å². The van der Waals surface area contributed by atoms with Gasteiger partial charge in [-0.05, 0) is 59.7 Å². The van der Waals surface area contributed by atoms with E-state index >= 15 is 0 Å². The Balaban J connectivity index is 2.24. The van der Waals surface area contributed by atoms with Crippen LogP contribution in [0.4, 0.5) is 9.59 Å². The molecular weight excluding hydrogens is 408 g/mol. The van der Waals surface area contributed by atoms with Gasteiger partial charge in [-0.3, -0.25) is 0 Å². The minimum absolute atomic E-state index is 0.00742. The zero-order valence-electron chi connectivity index (χ0n) is 15.0. The normalized spacial score (nSPS) is 12.1. The van der Waals surface area contributed by atoms with Crippen LogP contribution >= 0.6 is 21.6 Å². The Labute approximate surface area is 167 Å². The third kappa shape index (κ3) is 5.82. The number of pyridine rings is 2. The number of hydrogen-bond donors (Lipinski definition) is 2. The highest BCUT2D eigenvalue weighted by molar-refractivity contribution is 8.76. The van der Waals surface area contributed by atoms with Crippen LogP contribution in [0.1, 0.15) is 13.8 Å². The lowest BCUT2D eigenvalue weighted by Crippen LogP contribution is -2.22. The average Bonchev–Trinajstić information content (AvgIpc) is 2.65. The van der Waals surface area contributed by atoms with Gasteiger partial charge >= 0.3 is 12.2 Å². The van der Waals surface area contributed by atoms with Crippen molar-refractivity contribution in [2.75, 3.05) is 13.2 Å². The highest BCUT2D eigenvalue weighted by Crippen LogP contribution is 2.35. The second-order valence-electron chi connectivity index (χ2n) is 4.86. The van der Waals surface area contributed by atoms with E-state index < -0.39 is 12.2 Å². The van der Waals surface area contributed by atoms with Gasteiger partial charge in [-0.1, -0.05) is 12.1 Å². The number of aromatic nitrogens is 2. The maximum absolute atomic E-state index is 11.5. The fourth-order valence-corrected chi connectivity index (χ4v) is 3.86. The third-order valence-corrected chi connectivity index (χ3v) is 5.30. The molecule has 2 rings (SSSR count). The first-order valence-corrected chi connectivity index (χ1v) is 10.2. The summed E-state index contributed by atoms with van der Waals surface area (Å²) < 4.78 is 10.9. The summed E-state index contributed by atoms with van der Waals surface area (Å²) in [6.07, 6.45) is -1.64. The van der Waals surface area contributed by atoms with Crippen LogP contribution in [0.5, 0.6) is 0 Å². The van der Waals surface area contributed by atoms with Crippen molar-refractivity contribution < 1.29 is 29.5 Å². The third-order valence-electron chi connectivity index (χ3n) is 2.98. The highest BCUT2D eigenvalue weighted by atomic mass is 33.1. The second kappa shape index (κ2) is 10.5. The first-order valence-electron chi connectivity index (χ1n) is 8.06. The van der Waals surface area contributed by atoms with Crippen molar-refractivity contribution in [1.82, 2.24) is 9.46 Å². The Morgan fingerprint density at radius 3 is 1.61 bits per heavy atom. The van der Waals surface area contributed by atoms with Gasteiger partial charge in [0.05, 0.1) is 13.2 Å². The molecule has 2 aromatic heterocycles. The van der Waals surface area contributed by atoms with E-state index in [1.165, 1.54) is 12.1 Å². The molecule has 0 saturated heterocycles. The Bertz CT molecular complexity index is 906. The number of carbonyl (C=O) groups is 2. The summed E-state index contributed by atoms with van der Waals surface area (Å²) >= 11 is 0. The number of carbonyl (C=O) groups excluding carboxylic acids is 2. The molecule has 0 bridgehead atoms. The van der Waals surface area contributed by atoms with E-state index in [1.54, 1.807) is 38.1 Å². The van der Waals surface area contributed by atoms with Crippen LogP contribution in [0.15, 0.2) is 56.4 Å². The van der Waals surface area contributed by atoms with Crippen molar-refractivity contribution in [2.45, 2.75) is 23.9 Å². The van der Waals surface area contributed by atoms with Crippen molar-refractivity contribution in [2.24, 2.45) is 9.98 Å². The van der Waals surface area contributed by atoms with Crippen LogP contribution < -0.4 is 11.0 Å². The molecule has 2 aromatic rings. The Morgan fingerprint density at radius 2 is 1.25 bits per heavy atom. The summed E-state index contributed by atoms with van der Waals surface area (Å²) in [4.78, 5) is 30.2. The standard InChI is InChI=1S/C16H18N4O6S2/c1-3-25-15(21)17-11-7-5-9-13(19(11)23)27-28-14-10-6-8-12(20(14)24)18-16(22)26-4-2/h5-10,23-24H,3-4H2,1-2H3/b17-11-,18-12+. The van der Waals surface area contributed by atoms with Crippen molar-refractivity contribution in [3.8, 4) is 0 Å². The van der Waals surface area contributed by atoms with Crippen LogP contribution in [-0.2, 0) is 9.47 Å². The summed E-state index contributed by atoms with van der Waals surface area (Å²) in [6, 6.07) is 9.28. The molecule has 2 N–H and O–H groups in total. The molecule has 0 unspecified atom stereocenters. The van der Waals surface area contributed by atoms with Gasteiger partial charge in [0.15, 0.2) is 11.0 Å². The predicted octanol–water partition coefficient (Wildman–Crippen LogP) is 2.68. The molecule has 0 atom stereocenters. The van der Waals surface area contributed by atoms with Gasteiger partial charge in [0.1, 0.15) is 10.1 Å². The first kappa shape index (κ1) is 21.4. The zero-order valence-corrected chi connectivity index (χ0v) is 16.6. The van der Waals surface area contributed by atoms with Crippen molar-refractivity contribution in [3.05, 3.63) is 47.4 Å². The SMILES string of the molecule is CCOC(=O)/N=c1/cccc(SSc2ccc/c(=N\C(=O)OCC)n2O)n1O. The van der Waals surface area contributed by atoms with Crippen LogP contribution in [0.3, 0.4) is 0 Å². The maximum atomic E-state index is 11.5. The molecule has 12 heteroatoms. The molecule has 2 amide bonds. The van der Waals surface area contributed by atoms with Crippen molar-refractivity contribution in [1.29, 1.82) is 0 Å². The number of rotatable bonds is 5. The first-order chi connectivity index (χ1) is 13.5. The van der Waals surface area contributed by atoms with E-state index in [0.717, 1.165) is 31.0 Å². The summed E-state index contributed by atoms with van der Waals surface area (Å²) in [7, 11) is 2.17. The number of ether oxygens (including phenoxy) is 2. The predicted molar refractivity (Wildman–Crippen MR) is 100 cm³/mol. The van der Waals surface area contributed by atoms with E-state index in [0.29, 0.717) is 10.1 Å². The van der Waals surface area contributed by atoms with Crippen LogP contribution in [0, 0.1) is 0 Å². The zero-order chi connectivity index (χ0) is 20.5. The Morgan fingerprint density at radius 1 is 0.857 bits per heavy atom. The quantitative estimate of drug-likeness (QED) is 0.552. The molecule has 0 fully saturated rings. The number of nitrogens with zero attached hydrogens (tertiary/aromatic N) is 4. The van der Waals surface area contributed by atoms with Gasteiger partial charge in [0, 0.05) is 0 Å². The molecular formula is C16H18N4O6S2. The average molecular weight is 426 g/mol. The van der Waals surface area contributed by atoms with E-state index in [4.69, 9.17) is 9.47 Å². The largest absolute Gasteiger partial charge is 0.448 e. The monoisotopic (exact) mass is 426 g/mol.